The Hall–Kier alpha value is -0.590. The van der Waals surface area contributed by atoms with Gasteiger partial charge in [0.05, 0.1) is 8.95 Å². The molecule has 6 heteroatoms. The van der Waals surface area contributed by atoms with Crippen molar-refractivity contribution >= 4 is 37.8 Å². The average molecular weight is 406 g/mol. The molecule has 1 amide bonds. The summed E-state index contributed by atoms with van der Waals surface area (Å²) < 4.78 is 7.23. The van der Waals surface area contributed by atoms with Gasteiger partial charge in [0.25, 0.3) is 5.91 Å². The van der Waals surface area contributed by atoms with Gasteiger partial charge < -0.3 is 15.8 Å². The molecular formula is C14H18Br2N2O2. The van der Waals surface area contributed by atoms with E-state index in [0.717, 1.165) is 27.5 Å². The summed E-state index contributed by atoms with van der Waals surface area (Å²) in [4.78, 5) is 11.7. The Morgan fingerprint density at radius 2 is 2.00 bits per heavy atom. The van der Waals surface area contributed by atoms with Gasteiger partial charge in [-0.2, -0.15) is 0 Å². The molecule has 0 aromatic heterocycles. The number of carbonyl (C=O) groups is 1. The quantitative estimate of drug-likeness (QED) is 0.732. The van der Waals surface area contributed by atoms with E-state index in [0.29, 0.717) is 18.2 Å². The second kappa shape index (κ2) is 7.43. The van der Waals surface area contributed by atoms with Crippen molar-refractivity contribution < 1.29 is 9.53 Å². The Morgan fingerprint density at radius 1 is 1.35 bits per heavy atom. The fourth-order valence-corrected chi connectivity index (χ4v) is 3.34. The van der Waals surface area contributed by atoms with Crippen molar-refractivity contribution in [2.75, 3.05) is 19.7 Å². The lowest BCUT2D eigenvalue weighted by atomic mass is 10.1. The molecule has 1 aromatic rings. The monoisotopic (exact) mass is 404 g/mol. The van der Waals surface area contributed by atoms with Crippen molar-refractivity contribution in [3.63, 3.8) is 0 Å². The van der Waals surface area contributed by atoms with E-state index < -0.39 is 0 Å². The van der Waals surface area contributed by atoms with E-state index in [-0.39, 0.29) is 12.5 Å². The zero-order valence-electron chi connectivity index (χ0n) is 11.1. The van der Waals surface area contributed by atoms with Crippen LogP contribution in [0, 0.1) is 5.92 Å². The number of ether oxygens (including phenoxy) is 1. The molecule has 1 aromatic carbocycles. The zero-order chi connectivity index (χ0) is 14.5. The lowest BCUT2D eigenvalue weighted by molar-refractivity contribution is -0.123. The van der Waals surface area contributed by atoms with E-state index in [9.17, 15) is 4.79 Å². The maximum atomic E-state index is 11.7. The highest BCUT2D eigenvalue weighted by molar-refractivity contribution is 9.11. The normalized spacial score (nSPS) is 14.2. The first-order valence-corrected chi connectivity index (χ1v) is 8.26. The summed E-state index contributed by atoms with van der Waals surface area (Å²) in [5.74, 6) is 1.24. The van der Waals surface area contributed by atoms with E-state index in [1.165, 1.54) is 12.8 Å². The highest BCUT2D eigenvalue weighted by Crippen LogP contribution is 2.35. The molecule has 3 N–H and O–H groups in total. The highest BCUT2D eigenvalue weighted by Gasteiger charge is 2.21. The number of hydrogen-bond donors (Lipinski definition) is 2. The third-order valence-corrected chi connectivity index (χ3v) is 4.30. The van der Waals surface area contributed by atoms with Gasteiger partial charge in [0.15, 0.2) is 6.61 Å². The Bertz CT molecular complexity index is 467. The van der Waals surface area contributed by atoms with E-state index in [1.54, 1.807) is 0 Å². The summed E-state index contributed by atoms with van der Waals surface area (Å²) in [6, 6.07) is 3.93. The minimum atomic E-state index is -0.0817. The predicted molar refractivity (Wildman–Crippen MR) is 85.8 cm³/mol. The van der Waals surface area contributed by atoms with Gasteiger partial charge in [-0.15, -0.1) is 0 Å². The topological polar surface area (TPSA) is 64.3 Å². The number of halogens is 2. The standard InChI is InChI=1S/C14H18Br2N2O2/c15-11-5-10(3-4-17)6-12(16)14(11)20-8-13(19)18-7-9-1-2-9/h5-6,9H,1-4,7-8,17H2,(H,18,19). The SMILES string of the molecule is NCCc1cc(Br)c(OCC(=O)NCC2CC2)c(Br)c1. The third-order valence-electron chi connectivity index (χ3n) is 3.12. The van der Waals surface area contributed by atoms with Crippen LogP contribution in [0.15, 0.2) is 21.1 Å². The fraction of sp³-hybridized carbons (Fsp3) is 0.500. The van der Waals surface area contributed by atoms with Gasteiger partial charge in [-0.05, 0) is 81.3 Å². The molecule has 1 fully saturated rings. The lowest BCUT2D eigenvalue weighted by Gasteiger charge is -2.12. The Kier molecular flexibility index (Phi) is 5.86. The van der Waals surface area contributed by atoms with Gasteiger partial charge in [-0.3, -0.25) is 4.79 Å². The maximum absolute atomic E-state index is 11.7. The molecule has 0 heterocycles. The molecule has 4 nitrogen and oxygen atoms in total. The number of benzene rings is 1. The molecule has 0 saturated heterocycles. The lowest BCUT2D eigenvalue weighted by Crippen LogP contribution is -2.30. The maximum Gasteiger partial charge on any atom is 0.257 e. The van der Waals surface area contributed by atoms with Crippen LogP contribution in [0.1, 0.15) is 18.4 Å². The van der Waals surface area contributed by atoms with Gasteiger partial charge in [0.2, 0.25) is 0 Å². The summed E-state index contributed by atoms with van der Waals surface area (Å²) in [6.07, 6.45) is 3.25. The minimum absolute atomic E-state index is 0.0279. The molecule has 1 saturated carbocycles. The zero-order valence-corrected chi connectivity index (χ0v) is 14.3. The predicted octanol–water partition coefficient (Wildman–Crippen LogP) is 2.62. The van der Waals surface area contributed by atoms with Crippen LogP contribution in [0.5, 0.6) is 5.75 Å². The van der Waals surface area contributed by atoms with Crippen molar-refractivity contribution in [2.24, 2.45) is 11.7 Å². The minimum Gasteiger partial charge on any atom is -0.481 e. The first-order valence-electron chi connectivity index (χ1n) is 6.67. The molecule has 2 rings (SSSR count). The molecule has 1 aliphatic carbocycles. The fourth-order valence-electron chi connectivity index (χ4n) is 1.83. The molecule has 1 aliphatic rings. The van der Waals surface area contributed by atoms with E-state index in [2.05, 4.69) is 37.2 Å². The number of rotatable bonds is 7. The van der Waals surface area contributed by atoms with Crippen molar-refractivity contribution in [3.05, 3.63) is 26.6 Å². The van der Waals surface area contributed by atoms with Crippen molar-refractivity contribution in [1.29, 1.82) is 0 Å². The van der Waals surface area contributed by atoms with Crippen LogP contribution < -0.4 is 15.8 Å². The van der Waals surface area contributed by atoms with Crippen LogP contribution in [0.3, 0.4) is 0 Å². The molecule has 0 radical (unpaired) electrons. The van der Waals surface area contributed by atoms with Crippen LogP contribution in [-0.2, 0) is 11.2 Å². The Morgan fingerprint density at radius 3 is 2.55 bits per heavy atom. The van der Waals surface area contributed by atoms with Gasteiger partial charge in [0.1, 0.15) is 5.75 Å². The van der Waals surface area contributed by atoms with Crippen LogP contribution >= 0.6 is 31.9 Å². The molecule has 0 spiro atoms. The molecule has 110 valence electrons. The number of amides is 1. The van der Waals surface area contributed by atoms with Gasteiger partial charge in [-0.1, -0.05) is 0 Å². The molecule has 0 atom stereocenters. The Balaban J connectivity index is 1.89. The number of hydrogen-bond acceptors (Lipinski definition) is 3. The van der Waals surface area contributed by atoms with Crippen molar-refractivity contribution in [2.45, 2.75) is 19.3 Å². The summed E-state index contributed by atoms with van der Waals surface area (Å²) in [6.45, 7) is 1.39. The smallest absolute Gasteiger partial charge is 0.257 e. The van der Waals surface area contributed by atoms with Gasteiger partial charge in [0, 0.05) is 6.54 Å². The molecule has 20 heavy (non-hydrogen) atoms. The summed E-state index contributed by atoms with van der Waals surface area (Å²) in [7, 11) is 0. The van der Waals surface area contributed by atoms with Crippen molar-refractivity contribution in [3.8, 4) is 5.75 Å². The van der Waals surface area contributed by atoms with Crippen LogP contribution in [0.4, 0.5) is 0 Å². The van der Waals surface area contributed by atoms with E-state index in [4.69, 9.17) is 10.5 Å². The highest BCUT2D eigenvalue weighted by atomic mass is 79.9. The number of carbonyl (C=O) groups excluding carboxylic acids is 1. The largest absolute Gasteiger partial charge is 0.481 e. The van der Waals surface area contributed by atoms with Crippen LogP contribution in [0.2, 0.25) is 0 Å². The summed E-state index contributed by atoms with van der Waals surface area (Å²) in [5.41, 5.74) is 6.67. The van der Waals surface area contributed by atoms with Crippen LogP contribution in [-0.4, -0.2) is 25.6 Å². The first-order chi connectivity index (χ1) is 9.60. The second-order valence-electron chi connectivity index (χ2n) is 4.96. The second-order valence-corrected chi connectivity index (χ2v) is 6.67. The van der Waals surface area contributed by atoms with E-state index >= 15 is 0 Å². The first kappa shape index (κ1) is 15.8. The summed E-state index contributed by atoms with van der Waals surface area (Å²) >= 11 is 6.93. The molecule has 0 unspecified atom stereocenters. The number of nitrogens with one attached hydrogen (secondary N) is 1. The van der Waals surface area contributed by atoms with E-state index in [1.807, 2.05) is 12.1 Å². The molecular weight excluding hydrogens is 388 g/mol. The van der Waals surface area contributed by atoms with Gasteiger partial charge in [-0.25, -0.2) is 0 Å². The van der Waals surface area contributed by atoms with Crippen LogP contribution in [0.25, 0.3) is 0 Å². The average Bonchev–Trinajstić information content (AvgIpc) is 3.19. The number of nitrogens with two attached hydrogens (primary N) is 1. The van der Waals surface area contributed by atoms with Gasteiger partial charge >= 0.3 is 0 Å². The molecule has 0 aliphatic heterocycles. The third kappa shape index (κ3) is 4.75. The Labute approximate surface area is 135 Å². The summed E-state index contributed by atoms with van der Waals surface area (Å²) in [5, 5.41) is 2.87. The van der Waals surface area contributed by atoms with Crippen molar-refractivity contribution in [1.82, 2.24) is 5.32 Å². The molecule has 0 bridgehead atoms.